The molecule has 0 amide bonds. The van der Waals surface area contributed by atoms with Gasteiger partial charge in [-0.25, -0.2) is 4.18 Å². The molecule has 1 rings (SSSR count). The van der Waals surface area contributed by atoms with Crippen LogP contribution in [0.25, 0.3) is 0 Å². The smallest absolute Gasteiger partial charge is 0.284 e. The Morgan fingerprint density at radius 3 is 2.12 bits per heavy atom. The van der Waals surface area contributed by atoms with Crippen LogP contribution in [0.2, 0.25) is 0 Å². The van der Waals surface area contributed by atoms with E-state index in [1.807, 2.05) is 6.92 Å². The molecule has 1 aromatic rings. The van der Waals surface area contributed by atoms with Crippen LogP contribution in [0.4, 0.5) is 0 Å². The molecule has 0 bridgehead atoms. The summed E-state index contributed by atoms with van der Waals surface area (Å²) in [6, 6.07) is 6.59. The quantitative estimate of drug-likeness (QED) is 0.595. The summed E-state index contributed by atoms with van der Waals surface area (Å²) in [6.07, 6.45) is -0.480. The van der Waals surface area contributed by atoms with E-state index >= 15 is 0 Å². The average Bonchev–Trinajstić information content (AvgIpc) is 2.17. The average molecular weight is 243 g/mol. The number of hydrogen-bond acceptors (Lipinski definition) is 4. The molecule has 0 spiro atoms. The van der Waals surface area contributed by atoms with Gasteiger partial charge in [0.2, 0.25) is 0 Å². The molecule has 0 aromatic heterocycles. The largest absolute Gasteiger partial charge is 0.298 e. The third-order valence-electron chi connectivity index (χ3n) is 2.30. The Labute approximate surface area is 97.0 Å². The fourth-order valence-corrected chi connectivity index (χ4v) is 2.15. The predicted octanol–water partition coefficient (Wildman–Crippen LogP) is 1.61. The zero-order valence-corrected chi connectivity index (χ0v) is 10.8. The zero-order valence-electron chi connectivity index (χ0n) is 9.97. The lowest BCUT2D eigenvalue weighted by molar-refractivity contribution is 0.0881. The van der Waals surface area contributed by atoms with Gasteiger partial charge in [-0.15, -0.1) is 0 Å². The van der Waals surface area contributed by atoms with Gasteiger partial charge in [-0.1, -0.05) is 17.7 Å². The summed E-state index contributed by atoms with van der Waals surface area (Å²) in [7, 11) is -0.144. The van der Waals surface area contributed by atoms with E-state index < -0.39 is 16.3 Å². The van der Waals surface area contributed by atoms with Gasteiger partial charge < -0.3 is 0 Å². The number of aryl methyl sites for hydroxylation is 1. The molecule has 0 fully saturated rings. The van der Waals surface area contributed by atoms with Crippen LogP contribution in [0.3, 0.4) is 0 Å². The maximum atomic E-state index is 11.8. The van der Waals surface area contributed by atoms with Crippen LogP contribution in [0.5, 0.6) is 0 Å². The number of hydrogen-bond donors (Lipinski definition) is 0. The van der Waals surface area contributed by atoms with E-state index in [1.165, 1.54) is 0 Å². The van der Waals surface area contributed by atoms with Crippen molar-refractivity contribution in [2.75, 3.05) is 14.1 Å². The molecule has 1 atom stereocenters. The molecule has 16 heavy (non-hydrogen) atoms. The van der Waals surface area contributed by atoms with Crippen molar-refractivity contribution in [1.82, 2.24) is 4.90 Å². The van der Waals surface area contributed by atoms with Gasteiger partial charge in [-0.3, -0.25) is 4.90 Å². The van der Waals surface area contributed by atoms with Gasteiger partial charge in [0.05, 0.1) is 4.90 Å². The highest BCUT2D eigenvalue weighted by molar-refractivity contribution is 7.86. The van der Waals surface area contributed by atoms with E-state index in [0.29, 0.717) is 0 Å². The van der Waals surface area contributed by atoms with Crippen molar-refractivity contribution in [3.05, 3.63) is 29.8 Å². The fraction of sp³-hybridized carbons (Fsp3) is 0.455. The third-order valence-corrected chi connectivity index (χ3v) is 3.68. The standard InChI is InChI=1S/C11H17NO3S/c1-9-5-7-11(8-6-9)16(13,14)15-10(2)12(3)4/h5-8,10H,1-4H3. The minimum Gasteiger partial charge on any atom is -0.284 e. The summed E-state index contributed by atoms with van der Waals surface area (Å²) in [5.41, 5.74) is 1.01. The maximum absolute atomic E-state index is 11.8. The van der Waals surface area contributed by atoms with Crippen molar-refractivity contribution in [3.63, 3.8) is 0 Å². The first-order chi connectivity index (χ1) is 7.33. The molecule has 0 aliphatic heterocycles. The monoisotopic (exact) mass is 243 g/mol. The Morgan fingerprint density at radius 2 is 1.69 bits per heavy atom. The van der Waals surface area contributed by atoms with Gasteiger partial charge in [-0.05, 0) is 40.1 Å². The molecule has 0 aliphatic rings. The molecule has 0 heterocycles. The molecule has 0 N–H and O–H groups in total. The van der Waals surface area contributed by atoms with Gasteiger partial charge in [0.1, 0.15) is 6.23 Å². The molecule has 0 saturated heterocycles. The second kappa shape index (κ2) is 4.95. The van der Waals surface area contributed by atoms with Gasteiger partial charge in [0.25, 0.3) is 10.1 Å². The van der Waals surface area contributed by atoms with Crippen LogP contribution in [0.15, 0.2) is 29.2 Å². The number of rotatable bonds is 4. The zero-order chi connectivity index (χ0) is 12.3. The van der Waals surface area contributed by atoms with E-state index in [-0.39, 0.29) is 4.90 Å². The Morgan fingerprint density at radius 1 is 1.19 bits per heavy atom. The lowest BCUT2D eigenvalue weighted by atomic mass is 10.2. The lowest BCUT2D eigenvalue weighted by Gasteiger charge is -2.19. The Hall–Kier alpha value is -0.910. The van der Waals surface area contributed by atoms with Crippen LogP contribution in [-0.2, 0) is 14.3 Å². The second-order valence-electron chi connectivity index (χ2n) is 3.93. The van der Waals surface area contributed by atoms with E-state index in [0.717, 1.165) is 5.56 Å². The molecule has 1 unspecified atom stereocenters. The van der Waals surface area contributed by atoms with E-state index in [9.17, 15) is 8.42 Å². The Balaban J connectivity index is 2.90. The summed E-state index contributed by atoms with van der Waals surface area (Å²) in [5, 5.41) is 0. The summed E-state index contributed by atoms with van der Waals surface area (Å²) in [6.45, 7) is 3.59. The number of nitrogens with zero attached hydrogens (tertiary/aromatic N) is 1. The van der Waals surface area contributed by atoms with Gasteiger partial charge in [0.15, 0.2) is 0 Å². The van der Waals surface area contributed by atoms with E-state index in [4.69, 9.17) is 4.18 Å². The molecule has 0 radical (unpaired) electrons. The summed E-state index contributed by atoms with van der Waals surface area (Å²) >= 11 is 0. The third kappa shape index (κ3) is 3.30. The SMILES string of the molecule is Cc1ccc(S(=O)(=O)OC(C)N(C)C)cc1. The van der Waals surface area contributed by atoms with Crippen molar-refractivity contribution >= 4 is 10.1 Å². The molecular formula is C11H17NO3S. The molecule has 4 nitrogen and oxygen atoms in total. The van der Waals surface area contributed by atoms with Crippen molar-refractivity contribution in [3.8, 4) is 0 Å². The summed E-state index contributed by atoms with van der Waals surface area (Å²) in [5.74, 6) is 0. The maximum Gasteiger partial charge on any atom is 0.298 e. The minimum absolute atomic E-state index is 0.187. The predicted molar refractivity (Wildman–Crippen MR) is 62.6 cm³/mol. The Kier molecular flexibility index (Phi) is 4.07. The normalized spacial score (nSPS) is 14.1. The van der Waals surface area contributed by atoms with Crippen LogP contribution in [0.1, 0.15) is 12.5 Å². The van der Waals surface area contributed by atoms with E-state index in [1.54, 1.807) is 50.2 Å². The topological polar surface area (TPSA) is 46.6 Å². The fourth-order valence-electron chi connectivity index (χ4n) is 1.03. The summed E-state index contributed by atoms with van der Waals surface area (Å²) in [4.78, 5) is 1.87. The van der Waals surface area contributed by atoms with Crippen molar-refractivity contribution in [2.24, 2.45) is 0 Å². The molecular weight excluding hydrogens is 226 g/mol. The van der Waals surface area contributed by atoms with Crippen molar-refractivity contribution in [2.45, 2.75) is 25.0 Å². The second-order valence-corrected chi connectivity index (χ2v) is 5.50. The highest BCUT2D eigenvalue weighted by Gasteiger charge is 2.19. The molecule has 5 heteroatoms. The van der Waals surface area contributed by atoms with Gasteiger partial charge >= 0.3 is 0 Å². The highest BCUT2D eigenvalue weighted by Crippen LogP contribution is 2.15. The van der Waals surface area contributed by atoms with Crippen LogP contribution in [-0.4, -0.2) is 33.6 Å². The van der Waals surface area contributed by atoms with Crippen LogP contribution >= 0.6 is 0 Å². The number of benzene rings is 1. The van der Waals surface area contributed by atoms with Crippen molar-refractivity contribution < 1.29 is 12.6 Å². The minimum atomic E-state index is -3.66. The first kappa shape index (κ1) is 13.2. The first-order valence-corrected chi connectivity index (χ1v) is 6.40. The van der Waals surface area contributed by atoms with Crippen molar-refractivity contribution in [1.29, 1.82) is 0 Å². The van der Waals surface area contributed by atoms with Crippen LogP contribution in [0, 0.1) is 6.92 Å². The molecule has 0 saturated carbocycles. The molecule has 1 aromatic carbocycles. The van der Waals surface area contributed by atoms with E-state index in [2.05, 4.69) is 0 Å². The summed E-state index contributed by atoms with van der Waals surface area (Å²) < 4.78 is 28.6. The lowest BCUT2D eigenvalue weighted by Crippen LogP contribution is -2.30. The van der Waals surface area contributed by atoms with Gasteiger partial charge in [0, 0.05) is 0 Å². The highest BCUT2D eigenvalue weighted by atomic mass is 32.2. The molecule has 90 valence electrons. The van der Waals surface area contributed by atoms with Crippen LogP contribution < -0.4 is 0 Å². The Bertz CT molecular complexity index is 437. The first-order valence-electron chi connectivity index (χ1n) is 4.99. The molecule has 0 aliphatic carbocycles. The van der Waals surface area contributed by atoms with Gasteiger partial charge in [-0.2, -0.15) is 8.42 Å².